The maximum atomic E-state index is 13.1. The van der Waals surface area contributed by atoms with Gasteiger partial charge in [-0.25, -0.2) is 0 Å². The average Bonchev–Trinajstić information content (AvgIpc) is 2.95. The predicted octanol–water partition coefficient (Wildman–Crippen LogP) is 2.70. The Morgan fingerprint density at radius 3 is 2.77 bits per heavy atom. The van der Waals surface area contributed by atoms with Gasteiger partial charge in [0.15, 0.2) is 0 Å². The lowest BCUT2D eigenvalue weighted by Crippen LogP contribution is -2.36. The number of nitrogens with zero attached hydrogens (tertiary/aromatic N) is 2. The van der Waals surface area contributed by atoms with Crippen LogP contribution in [0.15, 0.2) is 18.2 Å². The van der Waals surface area contributed by atoms with Crippen molar-refractivity contribution >= 4 is 11.6 Å². The van der Waals surface area contributed by atoms with Gasteiger partial charge in [-0.3, -0.25) is 4.79 Å². The Morgan fingerprint density at radius 2 is 2.00 bits per heavy atom. The highest BCUT2D eigenvalue weighted by atomic mass is 16.5. The lowest BCUT2D eigenvalue weighted by molar-refractivity contribution is 0.0739. The molecule has 0 spiro atoms. The van der Waals surface area contributed by atoms with Crippen molar-refractivity contribution in [3.8, 4) is 0 Å². The molecule has 22 heavy (non-hydrogen) atoms. The van der Waals surface area contributed by atoms with Gasteiger partial charge >= 0.3 is 0 Å². The van der Waals surface area contributed by atoms with Gasteiger partial charge in [-0.15, -0.1) is 0 Å². The summed E-state index contributed by atoms with van der Waals surface area (Å²) in [5, 5.41) is 0. The molecule has 1 aromatic carbocycles. The highest BCUT2D eigenvalue weighted by molar-refractivity contribution is 6.00. The number of aryl methyl sites for hydroxylation is 1. The first kappa shape index (κ1) is 15.3. The number of carbonyl (C=O) groups is 1. The van der Waals surface area contributed by atoms with Crippen molar-refractivity contribution in [3.63, 3.8) is 0 Å². The van der Waals surface area contributed by atoms with Gasteiger partial charge in [0.25, 0.3) is 5.91 Å². The van der Waals surface area contributed by atoms with E-state index in [1.807, 2.05) is 11.0 Å². The molecule has 0 aliphatic carbocycles. The summed E-state index contributed by atoms with van der Waals surface area (Å²) in [5.74, 6) is 0.550. The molecule has 2 aliphatic rings. The average molecular weight is 302 g/mol. The zero-order chi connectivity index (χ0) is 15.5. The molecular formula is C18H26N2O2. The minimum atomic E-state index is 0.156. The summed E-state index contributed by atoms with van der Waals surface area (Å²) in [6.45, 7) is 9.17. The van der Waals surface area contributed by atoms with Gasteiger partial charge in [-0.1, -0.05) is 18.6 Å². The van der Waals surface area contributed by atoms with E-state index in [4.69, 9.17) is 4.74 Å². The Bertz CT molecular complexity index is 538. The molecule has 2 saturated heterocycles. The molecule has 0 radical (unpaired) electrons. The molecule has 120 valence electrons. The number of benzene rings is 1. The van der Waals surface area contributed by atoms with Crippen molar-refractivity contribution < 1.29 is 9.53 Å². The van der Waals surface area contributed by atoms with Gasteiger partial charge in [-0.2, -0.15) is 0 Å². The maximum Gasteiger partial charge on any atom is 0.256 e. The van der Waals surface area contributed by atoms with Crippen LogP contribution in [0.3, 0.4) is 0 Å². The Balaban J connectivity index is 1.88. The molecule has 2 fully saturated rings. The summed E-state index contributed by atoms with van der Waals surface area (Å²) in [7, 11) is 0. The minimum Gasteiger partial charge on any atom is -0.379 e. The third kappa shape index (κ3) is 3.27. The predicted molar refractivity (Wildman–Crippen MR) is 88.5 cm³/mol. The summed E-state index contributed by atoms with van der Waals surface area (Å²) in [4.78, 5) is 17.4. The summed E-state index contributed by atoms with van der Waals surface area (Å²) in [6.07, 6.45) is 2.44. The Hall–Kier alpha value is -1.55. The quantitative estimate of drug-likeness (QED) is 0.842. The van der Waals surface area contributed by atoms with Crippen LogP contribution in [-0.2, 0) is 4.74 Å². The fraction of sp³-hybridized carbons (Fsp3) is 0.611. The smallest absolute Gasteiger partial charge is 0.256 e. The van der Waals surface area contributed by atoms with Gasteiger partial charge in [0.05, 0.1) is 18.8 Å². The maximum absolute atomic E-state index is 13.1. The zero-order valence-corrected chi connectivity index (χ0v) is 13.7. The third-order valence-corrected chi connectivity index (χ3v) is 4.56. The highest BCUT2D eigenvalue weighted by Gasteiger charge is 2.25. The van der Waals surface area contributed by atoms with Crippen LogP contribution in [0, 0.1) is 12.8 Å². The van der Waals surface area contributed by atoms with E-state index in [2.05, 4.69) is 30.9 Å². The van der Waals surface area contributed by atoms with Crippen LogP contribution in [-0.4, -0.2) is 50.2 Å². The summed E-state index contributed by atoms with van der Waals surface area (Å²) in [5.41, 5.74) is 3.10. The largest absolute Gasteiger partial charge is 0.379 e. The Labute approximate surface area is 133 Å². The number of ether oxygens (including phenoxy) is 1. The van der Waals surface area contributed by atoms with Crippen LogP contribution in [0.25, 0.3) is 0 Å². The van der Waals surface area contributed by atoms with E-state index in [1.54, 1.807) is 0 Å². The SMILES string of the molecule is Cc1ccc(N2CCCC2)c(C(=O)N2CCOC[C@@H](C)C2)c1. The van der Waals surface area contributed by atoms with E-state index in [0.717, 1.165) is 43.1 Å². The second-order valence-corrected chi connectivity index (χ2v) is 6.65. The molecule has 1 amide bonds. The number of carbonyl (C=O) groups excluding carboxylic acids is 1. The van der Waals surface area contributed by atoms with Crippen LogP contribution >= 0.6 is 0 Å². The Morgan fingerprint density at radius 1 is 1.23 bits per heavy atom. The van der Waals surface area contributed by atoms with Crippen LogP contribution in [0.2, 0.25) is 0 Å². The molecule has 0 aromatic heterocycles. The molecule has 4 nitrogen and oxygen atoms in total. The lowest BCUT2D eigenvalue weighted by Gasteiger charge is -2.26. The minimum absolute atomic E-state index is 0.156. The van der Waals surface area contributed by atoms with E-state index in [9.17, 15) is 4.79 Å². The van der Waals surface area contributed by atoms with Crippen molar-refractivity contribution in [1.82, 2.24) is 4.90 Å². The van der Waals surface area contributed by atoms with E-state index < -0.39 is 0 Å². The van der Waals surface area contributed by atoms with Crippen molar-refractivity contribution in [2.75, 3.05) is 44.3 Å². The third-order valence-electron chi connectivity index (χ3n) is 4.56. The number of anilines is 1. The fourth-order valence-corrected chi connectivity index (χ4v) is 3.39. The summed E-state index contributed by atoms with van der Waals surface area (Å²) >= 11 is 0. The van der Waals surface area contributed by atoms with Gasteiger partial charge in [0.1, 0.15) is 0 Å². The molecule has 3 rings (SSSR count). The van der Waals surface area contributed by atoms with Gasteiger partial charge in [-0.05, 0) is 37.8 Å². The summed E-state index contributed by atoms with van der Waals surface area (Å²) in [6, 6.07) is 6.27. The molecule has 4 heteroatoms. The van der Waals surface area contributed by atoms with Gasteiger partial charge in [0.2, 0.25) is 0 Å². The van der Waals surface area contributed by atoms with Crippen LogP contribution in [0.5, 0.6) is 0 Å². The van der Waals surface area contributed by atoms with E-state index >= 15 is 0 Å². The topological polar surface area (TPSA) is 32.8 Å². The first-order chi connectivity index (χ1) is 10.6. The molecule has 0 saturated carbocycles. The first-order valence-electron chi connectivity index (χ1n) is 8.38. The molecule has 0 N–H and O–H groups in total. The molecule has 1 aromatic rings. The second-order valence-electron chi connectivity index (χ2n) is 6.65. The standard InChI is InChI=1S/C18H26N2O2/c1-14-5-6-17(19-7-3-4-8-19)16(11-14)18(21)20-9-10-22-13-15(2)12-20/h5-6,11,15H,3-4,7-10,12-13H2,1-2H3/t15-/m0/s1. The molecular weight excluding hydrogens is 276 g/mol. The number of rotatable bonds is 2. The van der Waals surface area contributed by atoms with E-state index in [0.29, 0.717) is 19.1 Å². The highest BCUT2D eigenvalue weighted by Crippen LogP contribution is 2.27. The number of amides is 1. The van der Waals surface area contributed by atoms with Crippen molar-refractivity contribution in [2.24, 2.45) is 5.92 Å². The van der Waals surface area contributed by atoms with Crippen molar-refractivity contribution in [1.29, 1.82) is 0 Å². The van der Waals surface area contributed by atoms with Crippen molar-refractivity contribution in [3.05, 3.63) is 29.3 Å². The summed E-state index contributed by atoms with van der Waals surface area (Å²) < 4.78 is 5.57. The van der Waals surface area contributed by atoms with Crippen LogP contribution in [0.1, 0.15) is 35.7 Å². The first-order valence-corrected chi connectivity index (χ1v) is 8.38. The van der Waals surface area contributed by atoms with Gasteiger partial charge < -0.3 is 14.5 Å². The lowest BCUT2D eigenvalue weighted by atomic mass is 10.1. The van der Waals surface area contributed by atoms with Gasteiger partial charge in [0, 0.05) is 31.9 Å². The fourth-order valence-electron chi connectivity index (χ4n) is 3.39. The molecule has 0 unspecified atom stereocenters. The zero-order valence-electron chi connectivity index (χ0n) is 13.7. The van der Waals surface area contributed by atoms with E-state index in [-0.39, 0.29) is 5.91 Å². The molecule has 0 bridgehead atoms. The van der Waals surface area contributed by atoms with Crippen LogP contribution < -0.4 is 4.90 Å². The number of hydrogen-bond acceptors (Lipinski definition) is 3. The monoisotopic (exact) mass is 302 g/mol. The number of hydrogen-bond donors (Lipinski definition) is 0. The normalized spacial score (nSPS) is 22.7. The molecule has 2 heterocycles. The Kier molecular flexibility index (Phi) is 4.67. The molecule has 2 aliphatic heterocycles. The van der Waals surface area contributed by atoms with E-state index in [1.165, 1.54) is 12.8 Å². The second kappa shape index (κ2) is 6.69. The van der Waals surface area contributed by atoms with Crippen LogP contribution in [0.4, 0.5) is 5.69 Å². The molecule has 1 atom stereocenters. The van der Waals surface area contributed by atoms with Crippen molar-refractivity contribution in [2.45, 2.75) is 26.7 Å².